The van der Waals surface area contributed by atoms with Crippen LogP contribution in [0.5, 0.6) is 0 Å². The van der Waals surface area contributed by atoms with Gasteiger partial charge in [-0.1, -0.05) is 6.07 Å². The second-order valence-corrected chi connectivity index (χ2v) is 7.08. The molecule has 1 aliphatic heterocycles. The van der Waals surface area contributed by atoms with Gasteiger partial charge in [0.2, 0.25) is 11.8 Å². The molecular weight excluding hydrogens is 324 g/mol. The molecule has 0 aromatic carbocycles. The van der Waals surface area contributed by atoms with E-state index in [0.717, 1.165) is 17.1 Å². The Bertz CT molecular complexity index is 852. The predicted octanol–water partition coefficient (Wildman–Crippen LogP) is 3.53. The Morgan fingerprint density at radius 2 is 2.25 bits per heavy atom. The van der Waals surface area contributed by atoms with Crippen LogP contribution in [0.2, 0.25) is 0 Å². The van der Waals surface area contributed by atoms with E-state index < -0.39 is 0 Å². The highest BCUT2D eigenvalue weighted by molar-refractivity contribution is 7.13. The number of carbonyl (C=O) groups is 1. The molecule has 124 valence electrons. The minimum atomic E-state index is 0.0159. The lowest BCUT2D eigenvalue weighted by atomic mass is 10.0. The molecule has 0 unspecified atom stereocenters. The quantitative estimate of drug-likeness (QED) is 0.730. The van der Waals surface area contributed by atoms with E-state index in [1.54, 1.807) is 23.8 Å². The maximum absolute atomic E-state index is 12.8. The Hall–Kier alpha value is -2.41. The number of anilines is 1. The summed E-state index contributed by atoms with van der Waals surface area (Å²) >= 11 is 1.57. The molecule has 0 saturated carbocycles. The Kier molecular flexibility index (Phi) is 3.72. The third-order valence-corrected chi connectivity index (χ3v) is 5.18. The van der Waals surface area contributed by atoms with Gasteiger partial charge in [-0.15, -0.1) is 11.3 Å². The van der Waals surface area contributed by atoms with Crippen molar-refractivity contribution >= 4 is 23.1 Å². The lowest BCUT2D eigenvalue weighted by Crippen LogP contribution is -2.45. The van der Waals surface area contributed by atoms with Gasteiger partial charge in [-0.3, -0.25) is 9.69 Å². The van der Waals surface area contributed by atoms with E-state index in [1.165, 1.54) is 0 Å². The summed E-state index contributed by atoms with van der Waals surface area (Å²) in [7, 11) is 0. The van der Waals surface area contributed by atoms with Crippen molar-refractivity contribution in [1.82, 2.24) is 14.8 Å². The number of fused-ring (bicyclic) bond motifs is 1. The molecule has 0 fully saturated rings. The molecule has 0 bridgehead atoms. The van der Waals surface area contributed by atoms with Crippen LogP contribution in [0.3, 0.4) is 0 Å². The van der Waals surface area contributed by atoms with Crippen molar-refractivity contribution in [3.63, 3.8) is 0 Å². The van der Waals surface area contributed by atoms with Crippen LogP contribution in [-0.4, -0.2) is 26.7 Å². The summed E-state index contributed by atoms with van der Waals surface area (Å²) < 4.78 is 7.42. The van der Waals surface area contributed by atoms with Gasteiger partial charge in [0, 0.05) is 12.1 Å². The Morgan fingerprint density at radius 3 is 3.04 bits per heavy atom. The lowest BCUT2D eigenvalue weighted by molar-refractivity contribution is -0.118. The lowest BCUT2D eigenvalue weighted by Gasteiger charge is -2.36. The summed E-state index contributed by atoms with van der Waals surface area (Å²) in [6.45, 7) is 4.20. The van der Waals surface area contributed by atoms with Crippen molar-refractivity contribution in [1.29, 1.82) is 0 Å². The average Bonchev–Trinajstić information content (AvgIpc) is 3.28. The van der Waals surface area contributed by atoms with Crippen LogP contribution in [0.1, 0.15) is 32.0 Å². The fourth-order valence-electron chi connectivity index (χ4n) is 3.28. The van der Waals surface area contributed by atoms with E-state index in [-0.39, 0.29) is 18.4 Å². The summed E-state index contributed by atoms with van der Waals surface area (Å²) in [5.41, 5.74) is 0.653. The first-order valence-electron chi connectivity index (χ1n) is 7.97. The predicted molar refractivity (Wildman–Crippen MR) is 92.0 cm³/mol. The normalized spacial score (nSPS) is 20.2. The molecule has 7 heteroatoms. The molecule has 1 amide bonds. The number of nitrogens with zero attached hydrogens (tertiary/aromatic N) is 4. The van der Waals surface area contributed by atoms with Gasteiger partial charge >= 0.3 is 0 Å². The van der Waals surface area contributed by atoms with Gasteiger partial charge in [-0.05, 0) is 31.7 Å². The van der Waals surface area contributed by atoms with Gasteiger partial charge in [0.15, 0.2) is 0 Å². The van der Waals surface area contributed by atoms with Crippen LogP contribution < -0.4 is 4.90 Å². The number of amides is 1. The number of oxazole rings is 1. The molecule has 3 aromatic heterocycles. The minimum absolute atomic E-state index is 0.0159. The molecule has 4 rings (SSSR count). The Morgan fingerprint density at radius 1 is 1.38 bits per heavy atom. The van der Waals surface area contributed by atoms with Crippen molar-refractivity contribution in [2.75, 3.05) is 4.90 Å². The smallest absolute Gasteiger partial charge is 0.236 e. The van der Waals surface area contributed by atoms with Crippen LogP contribution in [-0.2, 0) is 11.2 Å². The molecule has 0 spiro atoms. The van der Waals surface area contributed by atoms with E-state index in [9.17, 15) is 4.79 Å². The number of hydrogen-bond donors (Lipinski definition) is 0. The van der Waals surface area contributed by atoms with Gasteiger partial charge in [-0.25, -0.2) is 9.67 Å². The van der Waals surface area contributed by atoms with Crippen molar-refractivity contribution in [2.45, 2.75) is 38.8 Å². The number of thiophene rings is 1. The first kappa shape index (κ1) is 15.1. The van der Waals surface area contributed by atoms with Crippen molar-refractivity contribution < 1.29 is 9.21 Å². The average molecular weight is 342 g/mol. The summed E-state index contributed by atoms with van der Waals surface area (Å²) in [6.07, 6.45) is 4.43. The molecule has 0 radical (unpaired) electrons. The molecule has 0 aliphatic carbocycles. The second kappa shape index (κ2) is 5.90. The SMILES string of the molecule is C[C@H]1C[C@H](C)n2nccc2N1C(=O)Cc1coc(-c2cccs2)n1. The molecule has 0 saturated heterocycles. The molecule has 0 N–H and O–H groups in total. The summed E-state index contributed by atoms with van der Waals surface area (Å²) in [4.78, 5) is 20.1. The standard InChI is InChI=1S/C17H18N4O2S/c1-11-8-12(2)21-15(5-6-18-21)20(11)16(22)9-13-10-23-17(19-13)14-4-3-7-24-14/h3-7,10-12H,8-9H2,1-2H3/t11-,12-/m0/s1. The molecule has 6 nitrogen and oxygen atoms in total. The van der Waals surface area contributed by atoms with Gasteiger partial charge in [-0.2, -0.15) is 5.10 Å². The first-order valence-corrected chi connectivity index (χ1v) is 8.85. The topological polar surface area (TPSA) is 64.2 Å². The number of carbonyl (C=O) groups excluding carboxylic acids is 1. The zero-order valence-corrected chi connectivity index (χ0v) is 14.4. The highest BCUT2D eigenvalue weighted by Gasteiger charge is 2.32. The molecule has 3 aromatic rings. The fraction of sp³-hybridized carbons (Fsp3) is 0.353. The Labute approximate surface area is 143 Å². The minimum Gasteiger partial charge on any atom is -0.444 e. The maximum Gasteiger partial charge on any atom is 0.236 e. The third-order valence-electron chi connectivity index (χ3n) is 4.32. The second-order valence-electron chi connectivity index (χ2n) is 6.13. The zero-order valence-electron chi connectivity index (χ0n) is 13.5. The van der Waals surface area contributed by atoms with E-state index in [2.05, 4.69) is 23.9 Å². The number of aromatic nitrogens is 3. The van der Waals surface area contributed by atoms with Crippen molar-refractivity contribution in [2.24, 2.45) is 0 Å². The molecule has 1 aliphatic rings. The van der Waals surface area contributed by atoms with Crippen LogP contribution >= 0.6 is 11.3 Å². The van der Waals surface area contributed by atoms with Gasteiger partial charge in [0.25, 0.3) is 0 Å². The van der Waals surface area contributed by atoms with Gasteiger partial charge in [0.1, 0.15) is 12.1 Å². The summed E-state index contributed by atoms with van der Waals surface area (Å²) in [6, 6.07) is 6.23. The monoisotopic (exact) mass is 342 g/mol. The van der Waals surface area contributed by atoms with Crippen LogP contribution in [0.15, 0.2) is 40.5 Å². The van der Waals surface area contributed by atoms with E-state index in [0.29, 0.717) is 17.6 Å². The maximum atomic E-state index is 12.8. The number of rotatable bonds is 3. The van der Waals surface area contributed by atoms with E-state index >= 15 is 0 Å². The number of hydrogen-bond acceptors (Lipinski definition) is 5. The largest absolute Gasteiger partial charge is 0.444 e. The molecule has 24 heavy (non-hydrogen) atoms. The van der Waals surface area contributed by atoms with Crippen LogP contribution in [0, 0.1) is 0 Å². The van der Waals surface area contributed by atoms with E-state index in [4.69, 9.17) is 4.42 Å². The van der Waals surface area contributed by atoms with Gasteiger partial charge < -0.3 is 4.42 Å². The molecule has 4 heterocycles. The zero-order chi connectivity index (χ0) is 16.7. The first-order chi connectivity index (χ1) is 11.6. The highest BCUT2D eigenvalue weighted by Crippen LogP contribution is 2.32. The van der Waals surface area contributed by atoms with Crippen LogP contribution in [0.4, 0.5) is 5.82 Å². The fourth-order valence-corrected chi connectivity index (χ4v) is 3.93. The van der Waals surface area contributed by atoms with Gasteiger partial charge in [0.05, 0.1) is 29.2 Å². The van der Waals surface area contributed by atoms with E-state index in [1.807, 2.05) is 33.2 Å². The van der Waals surface area contributed by atoms with Crippen molar-refractivity contribution in [3.8, 4) is 10.8 Å². The third kappa shape index (κ3) is 2.54. The molecular formula is C17H18N4O2S. The summed E-state index contributed by atoms with van der Waals surface area (Å²) in [5, 5.41) is 6.31. The summed E-state index contributed by atoms with van der Waals surface area (Å²) in [5.74, 6) is 1.44. The Balaban J connectivity index is 1.56. The van der Waals surface area contributed by atoms with Crippen LogP contribution in [0.25, 0.3) is 10.8 Å². The molecule has 2 atom stereocenters. The highest BCUT2D eigenvalue weighted by atomic mass is 32.1. The van der Waals surface area contributed by atoms with Crippen molar-refractivity contribution in [3.05, 3.63) is 41.7 Å².